The van der Waals surface area contributed by atoms with Crippen LogP contribution in [-0.2, 0) is 25.7 Å². The monoisotopic (exact) mass is 222 g/mol. The molecule has 0 aromatic heterocycles. The minimum atomic E-state index is 1.30. The maximum atomic E-state index is 2.24. The van der Waals surface area contributed by atoms with E-state index in [-0.39, 0.29) is 0 Å². The van der Waals surface area contributed by atoms with Gasteiger partial charge in [0.05, 0.1) is 0 Å². The second-order valence-electron chi connectivity index (χ2n) is 4.89. The Morgan fingerprint density at radius 3 is 1.12 bits per heavy atom. The first-order chi connectivity index (χ1) is 8.43. The summed E-state index contributed by atoms with van der Waals surface area (Å²) in [6.07, 6.45) is 6.57. The zero-order valence-electron chi connectivity index (χ0n) is 10.2. The maximum Gasteiger partial charge on any atom is -0.0235 e. The van der Waals surface area contributed by atoms with Crippen LogP contribution in [0.15, 0.2) is 48.5 Å². The lowest BCUT2D eigenvalue weighted by Gasteiger charge is -2.16. The first-order valence-corrected chi connectivity index (χ1v) is 6.57. The largest absolute Gasteiger partial charge is 0.0620 e. The number of rotatable bonds is 0. The van der Waals surface area contributed by atoms with Crippen molar-refractivity contribution < 1.29 is 0 Å². The molecule has 17 heavy (non-hydrogen) atoms. The third-order valence-corrected chi connectivity index (χ3v) is 3.79. The Balaban J connectivity index is 0.000000107. The van der Waals surface area contributed by atoms with Crippen molar-refractivity contribution in [1.29, 1.82) is 0 Å². The fourth-order valence-corrected chi connectivity index (χ4v) is 2.65. The van der Waals surface area contributed by atoms with E-state index in [2.05, 4.69) is 48.5 Å². The number of hydrogen-bond donors (Lipinski definition) is 0. The first-order valence-electron chi connectivity index (χ1n) is 6.57. The third kappa shape index (κ3) is 2.26. The van der Waals surface area contributed by atoms with Crippen LogP contribution < -0.4 is 0 Å². The fourth-order valence-electron chi connectivity index (χ4n) is 2.65. The molecule has 2 aromatic rings. The van der Waals surface area contributed by atoms with Gasteiger partial charge in [0.2, 0.25) is 0 Å². The highest BCUT2D eigenvalue weighted by Crippen LogP contribution is 2.21. The van der Waals surface area contributed by atoms with Crippen molar-refractivity contribution in [2.45, 2.75) is 32.1 Å². The third-order valence-electron chi connectivity index (χ3n) is 3.79. The van der Waals surface area contributed by atoms with Crippen molar-refractivity contribution >= 4 is 0 Å². The van der Waals surface area contributed by atoms with E-state index in [1.165, 1.54) is 32.1 Å². The van der Waals surface area contributed by atoms with E-state index in [9.17, 15) is 0 Å². The molecule has 0 nitrogen and oxygen atoms in total. The van der Waals surface area contributed by atoms with Gasteiger partial charge in [-0.2, -0.15) is 0 Å². The average Bonchev–Trinajstić information content (AvgIpc) is 2.80. The summed E-state index contributed by atoms with van der Waals surface area (Å²) >= 11 is 0. The molecule has 0 saturated heterocycles. The lowest BCUT2D eigenvalue weighted by atomic mass is 9.89. The van der Waals surface area contributed by atoms with Crippen LogP contribution in [0.3, 0.4) is 0 Å². The second-order valence-corrected chi connectivity index (χ2v) is 4.89. The van der Waals surface area contributed by atoms with Gasteiger partial charge < -0.3 is 0 Å². The van der Waals surface area contributed by atoms with Crippen molar-refractivity contribution in [3.05, 3.63) is 70.8 Å². The molecule has 0 amide bonds. The van der Waals surface area contributed by atoms with Crippen molar-refractivity contribution in [2.75, 3.05) is 0 Å². The summed E-state index contributed by atoms with van der Waals surface area (Å²) in [5.41, 5.74) is 6.23. The van der Waals surface area contributed by atoms with Gasteiger partial charge in [0, 0.05) is 0 Å². The van der Waals surface area contributed by atoms with Crippen LogP contribution in [-0.4, -0.2) is 0 Å². The van der Waals surface area contributed by atoms with Gasteiger partial charge in [-0.05, 0) is 54.4 Å². The van der Waals surface area contributed by atoms with Crippen LogP contribution in [0.1, 0.15) is 28.7 Å². The molecule has 0 heterocycles. The number of fused-ring (bicyclic) bond motifs is 2. The molecule has 0 saturated carbocycles. The predicted octanol–water partition coefficient (Wildman–Crippen LogP) is 3.96. The van der Waals surface area contributed by atoms with Crippen LogP contribution in [0.5, 0.6) is 0 Å². The van der Waals surface area contributed by atoms with E-state index >= 15 is 0 Å². The molecule has 4 rings (SSSR count). The molecule has 0 bridgehead atoms. The van der Waals surface area contributed by atoms with Gasteiger partial charge in [-0.3, -0.25) is 0 Å². The molecule has 0 N–H and O–H groups in total. The van der Waals surface area contributed by atoms with Crippen molar-refractivity contribution in [3.8, 4) is 0 Å². The molecule has 0 heteroatoms. The van der Waals surface area contributed by atoms with E-state index < -0.39 is 0 Å². The Labute approximate surface area is 103 Å². The molecule has 0 radical (unpaired) electrons. The molecular weight excluding hydrogens is 204 g/mol. The zero-order chi connectivity index (χ0) is 11.5. The Kier molecular flexibility index (Phi) is 2.96. The van der Waals surface area contributed by atoms with Gasteiger partial charge in [-0.1, -0.05) is 48.5 Å². The summed E-state index contributed by atoms with van der Waals surface area (Å²) in [4.78, 5) is 0. The van der Waals surface area contributed by atoms with Crippen LogP contribution in [0.2, 0.25) is 0 Å². The van der Waals surface area contributed by atoms with E-state index in [1.54, 1.807) is 22.3 Å². The molecule has 0 aliphatic heterocycles. The van der Waals surface area contributed by atoms with Crippen LogP contribution in [0.25, 0.3) is 0 Å². The highest BCUT2D eigenvalue weighted by atomic mass is 14.1. The van der Waals surface area contributed by atoms with Crippen LogP contribution in [0.4, 0.5) is 0 Å². The van der Waals surface area contributed by atoms with Gasteiger partial charge in [0.1, 0.15) is 0 Å². The molecule has 0 fully saturated rings. The molecule has 0 atom stereocenters. The van der Waals surface area contributed by atoms with E-state index in [1.807, 2.05) is 0 Å². The van der Waals surface area contributed by atoms with Gasteiger partial charge >= 0.3 is 0 Å². The Hall–Kier alpha value is -1.56. The molecule has 2 aliphatic carbocycles. The highest BCUT2D eigenvalue weighted by molar-refractivity contribution is 5.34. The standard InChI is InChI=1S/C9H10.C8H8/c1-2-5-9-7-3-6-8(9)4-1;1-2-4-8-6-5-7(8)3-1/h1-2,4-5H,3,6-7H2;1-4H,5-6H2. The number of benzene rings is 2. The summed E-state index contributed by atoms with van der Waals surface area (Å²) in [6, 6.07) is 17.4. The summed E-state index contributed by atoms with van der Waals surface area (Å²) in [5.74, 6) is 0. The van der Waals surface area contributed by atoms with Gasteiger partial charge in [-0.15, -0.1) is 0 Å². The first kappa shape index (κ1) is 10.6. The summed E-state index contributed by atoms with van der Waals surface area (Å²) in [7, 11) is 0. The molecule has 0 spiro atoms. The summed E-state index contributed by atoms with van der Waals surface area (Å²) in [6.45, 7) is 0. The fraction of sp³-hybridized carbons (Fsp3) is 0.294. The SMILES string of the molecule is c1ccc2c(c1)CC2.c1ccc2c(c1)CCC2. The Morgan fingerprint density at radius 2 is 0.824 bits per heavy atom. The molecule has 2 aliphatic rings. The lowest BCUT2D eigenvalue weighted by Crippen LogP contribution is -2.06. The Bertz CT molecular complexity index is 465. The molecular formula is C17H18. The zero-order valence-corrected chi connectivity index (χ0v) is 10.2. The maximum absolute atomic E-state index is 2.24. The second kappa shape index (κ2) is 4.75. The van der Waals surface area contributed by atoms with Crippen LogP contribution >= 0.6 is 0 Å². The smallest absolute Gasteiger partial charge is 0.0235 e. The van der Waals surface area contributed by atoms with Gasteiger partial charge in [-0.25, -0.2) is 0 Å². The van der Waals surface area contributed by atoms with Crippen molar-refractivity contribution in [1.82, 2.24) is 0 Å². The van der Waals surface area contributed by atoms with Gasteiger partial charge in [0.25, 0.3) is 0 Å². The summed E-state index contributed by atoms with van der Waals surface area (Å²) < 4.78 is 0. The highest BCUT2D eigenvalue weighted by Gasteiger charge is 2.09. The topological polar surface area (TPSA) is 0 Å². The van der Waals surface area contributed by atoms with Crippen molar-refractivity contribution in [3.63, 3.8) is 0 Å². The minimum absolute atomic E-state index is 1.30. The van der Waals surface area contributed by atoms with E-state index in [0.29, 0.717) is 0 Å². The minimum Gasteiger partial charge on any atom is -0.0620 e. The summed E-state index contributed by atoms with van der Waals surface area (Å²) in [5, 5.41) is 0. The van der Waals surface area contributed by atoms with E-state index in [0.717, 1.165) is 0 Å². The molecule has 86 valence electrons. The van der Waals surface area contributed by atoms with Crippen LogP contribution in [0, 0.1) is 0 Å². The van der Waals surface area contributed by atoms with E-state index in [4.69, 9.17) is 0 Å². The number of aryl methyl sites for hydroxylation is 4. The van der Waals surface area contributed by atoms with Crippen molar-refractivity contribution in [2.24, 2.45) is 0 Å². The molecule has 2 aromatic carbocycles. The lowest BCUT2D eigenvalue weighted by molar-refractivity contribution is 0.839. The quantitative estimate of drug-likeness (QED) is 0.633. The predicted molar refractivity (Wildman–Crippen MR) is 72.3 cm³/mol. The number of hydrogen-bond acceptors (Lipinski definition) is 0. The van der Waals surface area contributed by atoms with Gasteiger partial charge in [0.15, 0.2) is 0 Å². The normalized spacial score (nSPS) is 15.1. The average molecular weight is 222 g/mol. The Morgan fingerprint density at radius 1 is 0.471 bits per heavy atom. The molecule has 0 unspecified atom stereocenters.